The highest BCUT2D eigenvalue weighted by molar-refractivity contribution is 5.88. The van der Waals surface area contributed by atoms with E-state index in [2.05, 4.69) is 26.6 Å². The molecule has 1 aromatic rings. The first kappa shape index (κ1) is 23.9. The van der Waals surface area contributed by atoms with Crippen LogP contribution in [0.25, 0.3) is 0 Å². The molecule has 4 fully saturated rings. The Labute approximate surface area is 204 Å². The summed E-state index contributed by atoms with van der Waals surface area (Å²) >= 11 is 0. The van der Waals surface area contributed by atoms with Gasteiger partial charge in [-0.15, -0.1) is 0 Å². The second-order valence-corrected chi connectivity index (χ2v) is 10.8. The Morgan fingerprint density at radius 3 is 2.51 bits per heavy atom. The van der Waals surface area contributed by atoms with Crippen LogP contribution in [0.4, 0.5) is 13.6 Å². The molecule has 35 heavy (non-hydrogen) atoms. The summed E-state index contributed by atoms with van der Waals surface area (Å²) in [5, 5.41) is 14.7. The quantitative estimate of drug-likeness (QED) is 0.589. The third-order valence-corrected chi connectivity index (χ3v) is 8.03. The van der Waals surface area contributed by atoms with Gasteiger partial charge in [-0.2, -0.15) is 5.26 Å². The van der Waals surface area contributed by atoms with Gasteiger partial charge in [0.15, 0.2) is 0 Å². The highest BCUT2D eigenvalue weighted by Crippen LogP contribution is 2.43. The lowest BCUT2D eigenvalue weighted by molar-refractivity contribution is -0.124. The van der Waals surface area contributed by atoms with Crippen LogP contribution in [0.2, 0.25) is 0 Å². The van der Waals surface area contributed by atoms with Gasteiger partial charge in [-0.1, -0.05) is 0 Å². The topological polar surface area (TPSA) is 101 Å². The summed E-state index contributed by atoms with van der Waals surface area (Å²) in [7, 11) is 0. The summed E-state index contributed by atoms with van der Waals surface area (Å²) in [5.74, 6) is -3.78. The van der Waals surface area contributed by atoms with E-state index in [0.717, 1.165) is 38.2 Å². The number of alkyl halides is 2. The molecule has 2 aliphatic heterocycles. The minimum Gasteiger partial charge on any atom is -0.336 e. The van der Waals surface area contributed by atoms with Crippen molar-refractivity contribution in [1.82, 2.24) is 25.4 Å². The number of halogens is 2. The van der Waals surface area contributed by atoms with Gasteiger partial charge in [0.2, 0.25) is 5.91 Å². The van der Waals surface area contributed by atoms with E-state index in [0.29, 0.717) is 25.9 Å². The van der Waals surface area contributed by atoms with Crippen molar-refractivity contribution in [2.24, 2.45) is 5.41 Å². The van der Waals surface area contributed by atoms with Crippen LogP contribution in [0, 0.1) is 16.7 Å². The molecular weight excluding hydrogens is 454 g/mol. The van der Waals surface area contributed by atoms with Gasteiger partial charge in [0.1, 0.15) is 11.6 Å². The van der Waals surface area contributed by atoms with Crippen LogP contribution in [-0.4, -0.2) is 70.5 Å². The van der Waals surface area contributed by atoms with Gasteiger partial charge in [-0.3, -0.25) is 9.78 Å². The van der Waals surface area contributed by atoms with Crippen LogP contribution in [0.5, 0.6) is 0 Å². The van der Waals surface area contributed by atoms with Crippen LogP contribution in [0.15, 0.2) is 24.5 Å². The van der Waals surface area contributed by atoms with Crippen LogP contribution in [0.3, 0.4) is 0 Å². The summed E-state index contributed by atoms with van der Waals surface area (Å²) in [6.45, 7) is 3.37. The lowest BCUT2D eigenvalue weighted by atomic mass is 9.72. The Bertz CT molecular complexity index is 989. The molecule has 188 valence electrons. The number of urea groups is 1. The standard InChI is InChI=1S/C25H32F2N6O2/c26-25(27,18-2-1-11-29-14-18)6-5-20(21(34)31-24(15-28)7-8-24)30-22(35)33-16-23(17-33)9-12-32(13-10-23)19-3-4-19/h1-2,11,14,19-20H,3-10,12-13,16-17H2,(H,30,35)(H,31,34). The first-order chi connectivity index (χ1) is 16.7. The van der Waals surface area contributed by atoms with E-state index < -0.39 is 35.9 Å². The number of rotatable bonds is 8. The fraction of sp³-hybridized carbons (Fsp3) is 0.680. The van der Waals surface area contributed by atoms with E-state index in [9.17, 15) is 23.6 Å². The van der Waals surface area contributed by atoms with Gasteiger partial charge >= 0.3 is 6.03 Å². The number of hydrogen-bond acceptors (Lipinski definition) is 5. The Hall–Kier alpha value is -2.80. The van der Waals surface area contributed by atoms with Crippen LogP contribution >= 0.6 is 0 Å². The normalized spacial score (nSPS) is 23.6. The summed E-state index contributed by atoms with van der Waals surface area (Å²) in [4.78, 5) is 33.8. The van der Waals surface area contributed by atoms with Crippen LogP contribution in [-0.2, 0) is 10.7 Å². The molecule has 5 rings (SSSR count). The molecule has 0 aromatic carbocycles. The molecule has 0 radical (unpaired) electrons. The maximum atomic E-state index is 14.7. The van der Waals surface area contributed by atoms with Gasteiger partial charge < -0.3 is 20.4 Å². The highest BCUT2D eigenvalue weighted by Gasteiger charge is 2.49. The van der Waals surface area contributed by atoms with E-state index in [-0.39, 0.29) is 17.4 Å². The van der Waals surface area contributed by atoms with Crippen molar-refractivity contribution in [3.8, 4) is 6.07 Å². The SMILES string of the molecule is N#CC1(NC(=O)C(CCC(F)(F)c2cccnc2)NC(=O)N2CC3(CCN(C4CC4)CC3)C2)CC1. The summed E-state index contributed by atoms with van der Waals surface area (Å²) in [5.41, 5.74) is -1.04. The number of nitriles is 1. The number of carbonyl (C=O) groups is 2. The molecule has 2 aliphatic carbocycles. The predicted octanol–water partition coefficient (Wildman–Crippen LogP) is 2.76. The molecule has 2 saturated heterocycles. The maximum absolute atomic E-state index is 14.7. The van der Waals surface area contributed by atoms with E-state index in [4.69, 9.17) is 0 Å². The van der Waals surface area contributed by atoms with E-state index in [1.54, 1.807) is 4.90 Å². The molecule has 10 heteroatoms. The average Bonchev–Trinajstić information content (AvgIpc) is 3.76. The van der Waals surface area contributed by atoms with Crippen LogP contribution < -0.4 is 10.6 Å². The van der Waals surface area contributed by atoms with Gasteiger partial charge in [0.25, 0.3) is 5.92 Å². The molecule has 8 nitrogen and oxygen atoms in total. The number of amides is 3. The first-order valence-electron chi connectivity index (χ1n) is 12.5. The van der Waals surface area contributed by atoms with Gasteiger partial charge in [-0.05, 0) is 70.2 Å². The van der Waals surface area contributed by atoms with Gasteiger partial charge in [-0.25, -0.2) is 13.6 Å². The molecule has 3 heterocycles. The van der Waals surface area contributed by atoms with Gasteiger partial charge in [0, 0.05) is 48.9 Å². The van der Waals surface area contributed by atoms with Crippen molar-refractivity contribution in [3.63, 3.8) is 0 Å². The Balaban J connectivity index is 1.18. The summed E-state index contributed by atoms with van der Waals surface area (Å²) < 4.78 is 29.5. The lowest BCUT2D eigenvalue weighted by Gasteiger charge is -2.54. The van der Waals surface area contributed by atoms with Crippen molar-refractivity contribution in [2.45, 2.75) is 74.9 Å². The van der Waals surface area contributed by atoms with Crippen molar-refractivity contribution < 1.29 is 18.4 Å². The Morgan fingerprint density at radius 2 is 1.94 bits per heavy atom. The van der Waals surface area contributed by atoms with Crippen molar-refractivity contribution in [1.29, 1.82) is 5.26 Å². The zero-order chi connectivity index (χ0) is 24.7. The third-order valence-electron chi connectivity index (χ3n) is 8.03. The number of nitrogens with one attached hydrogen (secondary N) is 2. The maximum Gasteiger partial charge on any atom is 0.318 e. The summed E-state index contributed by atoms with van der Waals surface area (Å²) in [6.07, 6.45) is 7.38. The van der Waals surface area contributed by atoms with Gasteiger partial charge in [0.05, 0.1) is 6.07 Å². The van der Waals surface area contributed by atoms with E-state index >= 15 is 0 Å². The molecular formula is C25H32F2N6O2. The highest BCUT2D eigenvalue weighted by atomic mass is 19.3. The molecule has 0 bridgehead atoms. The second-order valence-electron chi connectivity index (χ2n) is 10.8. The zero-order valence-corrected chi connectivity index (χ0v) is 19.8. The van der Waals surface area contributed by atoms with E-state index in [1.807, 2.05) is 0 Å². The fourth-order valence-corrected chi connectivity index (χ4v) is 5.30. The number of nitrogens with zero attached hydrogens (tertiary/aromatic N) is 4. The lowest BCUT2D eigenvalue weighted by Crippen LogP contribution is -2.65. The second kappa shape index (κ2) is 9.01. The molecule has 1 atom stereocenters. The van der Waals surface area contributed by atoms with Crippen molar-refractivity contribution in [2.75, 3.05) is 26.2 Å². The van der Waals surface area contributed by atoms with Crippen molar-refractivity contribution >= 4 is 11.9 Å². The number of carbonyl (C=O) groups excluding carboxylic acids is 2. The minimum absolute atomic E-state index is 0.132. The monoisotopic (exact) mass is 486 g/mol. The Morgan fingerprint density at radius 1 is 1.23 bits per heavy atom. The number of hydrogen-bond donors (Lipinski definition) is 2. The fourth-order valence-electron chi connectivity index (χ4n) is 5.30. The molecule has 4 aliphatic rings. The van der Waals surface area contributed by atoms with E-state index in [1.165, 1.54) is 31.2 Å². The molecule has 1 spiro atoms. The third kappa shape index (κ3) is 5.25. The molecule has 2 N–H and O–H groups in total. The largest absolute Gasteiger partial charge is 0.336 e. The Kier molecular flexibility index (Phi) is 6.16. The molecule has 3 amide bonds. The summed E-state index contributed by atoms with van der Waals surface area (Å²) in [6, 6.07) is 4.00. The number of piperidine rings is 1. The molecule has 1 aromatic heterocycles. The molecule has 2 saturated carbocycles. The molecule has 1 unspecified atom stereocenters. The number of pyridine rings is 1. The first-order valence-corrected chi connectivity index (χ1v) is 12.5. The predicted molar refractivity (Wildman–Crippen MR) is 123 cm³/mol. The van der Waals surface area contributed by atoms with Crippen LogP contribution in [0.1, 0.15) is 56.9 Å². The van der Waals surface area contributed by atoms with Crippen molar-refractivity contribution in [3.05, 3.63) is 30.1 Å². The minimum atomic E-state index is -3.19. The average molecular weight is 487 g/mol. The number of likely N-dealkylation sites (tertiary alicyclic amines) is 2. The number of aromatic nitrogens is 1. The smallest absolute Gasteiger partial charge is 0.318 e. The zero-order valence-electron chi connectivity index (χ0n) is 19.8.